The molecule has 3 rings (SSSR count). The van der Waals surface area contributed by atoms with E-state index < -0.39 is 0 Å². The average molecular weight is 321 g/mol. The fourth-order valence-electron chi connectivity index (χ4n) is 2.28. The number of nitrogen functional groups attached to an aromatic ring is 1. The van der Waals surface area contributed by atoms with Gasteiger partial charge in [0.15, 0.2) is 0 Å². The van der Waals surface area contributed by atoms with E-state index in [4.69, 9.17) is 17.3 Å². The Hall–Kier alpha value is -1.52. The van der Waals surface area contributed by atoms with Gasteiger partial charge in [-0.25, -0.2) is 0 Å². The number of thiophene rings is 1. The largest absolute Gasteiger partial charge is 0.399 e. The summed E-state index contributed by atoms with van der Waals surface area (Å²) in [6.45, 7) is 2.54. The second-order valence-electron chi connectivity index (χ2n) is 5.47. The van der Waals surface area contributed by atoms with Gasteiger partial charge >= 0.3 is 0 Å². The van der Waals surface area contributed by atoms with Gasteiger partial charge in [-0.2, -0.15) is 0 Å². The van der Waals surface area contributed by atoms with Crippen molar-refractivity contribution in [2.45, 2.75) is 32.4 Å². The summed E-state index contributed by atoms with van der Waals surface area (Å²) in [6, 6.07) is 8.02. The first-order valence-corrected chi connectivity index (χ1v) is 8.21. The van der Waals surface area contributed by atoms with Crippen LogP contribution < -0.4 is 5.73 Å². The summed E-state index contributed by atoms with van der Waals surface area (Å²) in [7, 11) is 0. The van der Waals surface area contributed by atoms with Gasteiger partial charge in [-0.3, -0.25) is 4.79 Å². The van der Waals surface area contributed by atoms with Gasteiger partial charge in [0.25, 0.3) is 5.91 Å². The van der Waals surface area contributed by atoms with E-state index in [2.05, 4.69) is 0 Å². The molecule has 1 amide bonds. The Balaban J connectivity index is 1.83. The average Bonchev–Trinajstić information content (AvgIpc) is 3.25. The highest BCUT2D eigenvalue weighted by atomic mass is 35.5. The Labute approximate surface area is 133 Å². The van der Waals surface area contributed by atoms with E-state index in [-0.39, 0.29) is 5.91 Å². The van der Waals surface area contributed by atoms with Crippen molar-refractivity contribution in [3.05, 3.63) is 50.7 Å². The van der Waals surface area contributed by atoms with Crippen molar-refractivity contribution in [1.29, 1.82) is 0 Å². The SMILES string of the molecule is Cc1csc(C(=O)N(Cc2ccc(N)cc2)C2CC2)c1Cl. The van der Waals surface area contributed by atoms with Crippen LogP contribution >= 0.6 is 22.9 Å². The van der Waals surface area contributed by atoms with Crippen LogP contribution in [0.25, 0.3) is 0 Å². The number of rotatable bonds is 4. The quantitative estimate of drug-likeness (QED) is 0.862. The van der Waals surface area contributed by atoms with Gasteiger partial charge in [0.1, 0.15) is 4.88 Å². The van der Waals surface area contributed by atoms with Crippen molar-refractivity contribution in [2.75, 3.05) is 5.73 Å². The van der Waals surface area contributed by atoms with Gasteiger partial charge in [-0.1, -0.05) is 23.7 Å². The zero-order valence-corrected chi connectivity index (χ0v) is 13.4. The minimum absolute atomic E-state index is 0.0393. The van der Waals surface area contributed by atoms with Crippen LogP contribution in [0.2, 0.25) is 5.02 Å². The lowest BCUT2D eigenvalue weighted by Gasteiger charge is -2.22. The van der Waals surface area contributed by atoms with Crippen molar-refractivity contribution in [1.82, 2.24) is 4.90 Å². The van der Waals surface area contributed by atoms with E-state index in [1.165, 1.54) is 11.3 Å². The Kier molecular flexibility index (Phi) is 3.91. The summed E-state index contributed by atoms with van der Waals surface area (Å²) in [5.41, 5.74) is 8.50. The summed E-state index contributed by atoms with van der Waals surface area (Å²) >= 11 is 7.67. The third-order valence-corrected chi connectivity index (χ3v) is 5.36. The zero-order valence-electron chi connectivity index (χ0n) is 11.8. The first-order chi connectivity index (χ1) is 10.1. The summed E-state index contributed by atoms with van der Waals surface area (Å²) in [5.74, 6) is 0.0393. The third-order valence-electron chi connectivity index (χ3n) is 3.67. The standard InChI is InChI=1S/C16H17ClN2OS/c1-10-9-21-15(14(10)17)16(20)19(13-6-7-13)8-11-2-4-12(18)5-3-11/h2-5,9,13H,6-8,18H2,1H3. The van der Waals surface area contributed by atoms with E-state index in [9.17, 15) is 4.79 Å². The number of nitrogens with zero attached hydrogens (tertiary/aromatic N) is 1. The number of anilines is 1. The molecule has 0 bridgehead atoms. The van der Waals surface area contributed by atoms with Crippen molar-refractivity contribution >= 4 is 34.5 Å². The molecule has 3 nitrogen and oxygen atoms in total. The fourth-order valence-corrected chi connectivity index (χ4v) is 3.51. The van der Waals surface area contributed by atoms with Crippen LogP contribution in [0.5, 0.6) is 0 Å². The van der Waals surface area contributed by atoms with Crippen molar-refractivity contribution in [2.24, 2.45) is 0 Å². The summed E-state index contributed by atoms with van der Waals surface area (Å²) in [5, 5.41) is 2.53. The van der Waals surface area contributed by atoms with Crippen LogP contribution in [0.4, 0.5) is 5.69 Å². The van der Waals surface area contributed by atoms with Gasteiger partial charge in [0.2, 0.25) is 0 Å². The highest BCUT2D eigenvalue weighted by Crippen LogP contribution is 2.34. The second-order valence-corrected chi connectivity index (χ2v) is 6.73. The zero-order chi connectivity index (χ0) is 15.0. The lowest BCUT2D eigenvalue weighted by atomic mass is 10.2. The molecule has 110 valence electrons. The van der Waals surface area contributed by atoms with Gasteiger partial charge in [0.05, 0.1) is 5.02 Å². The maximum Gasteiger partial charge on any atom is 0.266 e. The van der Waals surface area contributed by atoms with E-state index in [1.807, 2.05) is 41.5 Å². The monoisotopic (exact) mass is 320 g/mol. The molecular weight excluding hydrogens is 304 g/mol. The molecule has 1 aromatic heterocycles. The van der Waals surface area contributed by atoms with Crippen LogP contribution in [-0.2, 0) is 6.54 Å². The normalized spacial score (nSPS) is 14.2. The summed E-state index contributed by atoms with van der Waals surface area (Å²) in [4.78, 5) is 15.3. The molecule has 1 saturated carbocycles. The molecule has 0 spiro atoms. The van der Waals surface area contributed by atoms with Crippen molar-refractivity contribution < 1.29 is 4.79 Å². The number of carbonyl (C=O) groups excluding carboxylic acids is 1. The molecule has 1 fully saturated rings. The predicted molar refractivity (Wildman–Crippen MR) is 87.8 cm³/mol. The van der Waals surface area contributed by atoms with Gasteiger partial charge in [-0.15, -0.1) is 11.3 Å². The van der Waals surface area contributed by atoms with Crippen LogP contribution in [-0.4, -0.2) is 16.8 Å². The highest BCUT2D eigenvalue weighted by Gasteiger charge is 2.34. The molecule has 1 aliphatic rings. The molecule has 0 atom stereocenters. The first-order valence-electron chi connectivity index (χ1n) is 6.95. The molecule has 2 N–H and O–H groups in total. The maximum absolute atomic E-state index is 12.8. The number of amides is 1. The first kappa shape index (κ1) is 14.4. The lowest BCUT2D eigenvalue weighted by molar-refractivity contribution is 0.0735. The molecule has 0 unspecified atom stereocenters. The van der Waals surface area contributed by atoms with Gasteiger partial charge < -0.3 is 10.6 Å². The Morgan fingerprint density at radius 3 is 2.57 bits per heavy atom. The Morgan fingerprint density at radius 1 is 1.38 bits per heavy atom. The molecular formula is C16H17ClN2OS. The molecule has 0 radical (unpaired) electrons. The smallest absolute Gasteiger partial charge is 0.266 e. The third kappa shape index (κ3) is 3.06. The van der Waals surface area contributed by atoms with Crippen LogP contribution in [0.1, 0.15) is 33.6 Å². The maximum atomic E-state index is 12.8. The van der Waals surface area contributed by atoms with Gasteiger partial charge in [-0.05, 0) is 48.4 Å². The molecule has 0 saturated heterocycles. The van der Waals surface area contributed by atoms with E-state index in [0.29, 0.717) is 22.5 Å². The summed E-state index contributed by atoms with van der Waals surface area (Å²) < 4.78 is 0. The van der Waals surface area contributed by atoms with Gasteiger partial charge in [0, 0.05) is 18.3 Å². The number of halogens is 1. The lowest BCUT2D eigenvalue weighted by Crippen LogP contribution is -2.32. The molecule has 0 aliphatic heterocycles. The highest BCUT2D eigenvalue weighted by molar-refractivity contribution is 7.13. The molecule has 1 aliphatic carbocycles. The van der Waals surface area contributed by atoms with Crippen LogP contribution in [0.15, 0.2) is 29.6 Å². The number of hydrogen-bond donors (Lipinski definition) is 1. The number of nitrogens with two attached hydrogens (primary N) is 1. The molecule has 2 aromatic rings. The summed E-state index contributed by atoms with van der Waals surface area (Å²) in [6.07, 6.45) is 2.14. The molecule has 5 heteroatoms. The molecule has 1 aromatic carbocycles. The fraction of sp³-hybridized carbons (Fsp3) is 0.312. The number of hydrogen-bond acceptors (Lipinski definition) is 3. The van der Waals surface area contributed by atoms with Crippen molar-refractivity contribution in [3.8, 4) is 0 Å². The van der Waals surface area contributed by atoms with E-state index in [0.717, 1.165) is 29.7 Å². The van der Waals surface area contributed by atoms with Crippen molar-refractivity contribution in [3.63, 3.8) is 0 Å². The minimum Gasteiger partial charge on any atom is -0.399 e. The second kappa shape index (κ2) is 5.70. The van der Waals surface area contributed by atoms with Crippen LogP contribution in [0, 0.1) is 6.92 Å². The number of benzene rings is 1. The Bertz CT molecular complexity index is 661. The predicted octanol–water partition coefficient (Wildman–Crippen LogP) is 4.10. The van der Waals surface area contributed by atoms with E-state index in [1.54, 1.807) is 0 Å². The Morgan fingerprint density at radius 2 is 2.05 bits per heavy atom. The molecule has 1 heterocycles. The topological polar surface area (TPSA) is 46.3 Å². The minimum atomic E-state index is 0.0393. The van der Waals surface area contributed by atoms with E-state index >= 15 is 0 Å². The van der Waals surface area contributed by atoms with Crippen LogP contribution in [0.3, 0.4) is 0 Å². The number of aryl methyl sites for hydroxylation is 1. The number of carbonyl (C=O) groups is 1. The molecule has 21 heavy (non-hydrogen) atoms.